The molecule has 1 atom stereocenters. The quantitative estimate of drug-likeness (QED) is 0.875. The predicted molar refractivity (Wildman–Crippen MR) is 83.1 cm³/mol. The lowest BCUT2D eigenvalue weighted by molar-refractivity contribution is 0.760. The van der Waals surface area contributed by atoms with Gasteiger partial charge in [-0.15, -0.1) is 21.5 Å². The van der Waals surface area contributed by atoms with Crippen LogP contribution in [0.25, 0.3) is 9.88 Å². The zero-order valence-electron chi connectivity index (χ0n) is 11.9. The average molecular weight is 296 g/mol. The maximum Gasteiger partial charge on any atom is 0.206 e. The Kier molecular flexibility index (Phi) is 4.87. The van der Waals surface area contributed by atoms with Gasteiger partial charge in [-0.05, 0) is 26.2 Å². The lowest BCUT2D eigenvalue weighted by Crippen LogP contribution is -2.12. The third-order valence-electron chi connectivity index (χ3n) is 2.98. The number of aromatic nitrogens is 3. The van der Waals surface area contributed by atoms with Crippen LogP contribution < -0.4 is 5.32 Å². The van der Waals surface area contributed by atoms with Crippen LogP contribution in [0.2, 0.25) is 0 Å². The molecule has 2 heterocycles. The van der Waals surface area contributed by atoms with Crippen LogP contribution in [-0.2, 0) is 12.8 Å². The predicted octanol–water partition coefficient (Wildman–Crippen LogP) is 4.00. The summed E-state index contributed by atoms with van der Waals surface area (Å²) < 4.78 is 0. The van der Waals surface area contributed by atoms with Crippen LogP contribution in [0.4, 0.5) is 5.13 Å². The zero-order chi connectivity index (χ0) is 13.8. The fourth-order valence-corrected chi connectivity index (χ4v) is 3.68. The first kappa shape index (κ1) is 14.4. The number of nitrogens with one attached hydrogen (secondary N) is 1. The van der Waals surface area contributed by atoms with E-state index >= 15 is 0 Å². The van der Waals surface area contributed by atoms with E-state index in [0.717, 1.165) is 35.1 Å². The van der Waals surface area contributed by atoms with Crippen LogP contribution in [0.15, 0.2) is 0 Å². The van der Waals surface area contributed by atoms with E-state index in [4.69, 9.17) is 0 Å². The van der Waals surface area contributed by atoms with Crippen molar-refractivity contribution in [2.45, 2.75) is 53.0 Å². The van der Waals surface area contributed by atoms with Gasteiger partial charge >= 0.3 is 0 Å². The molecule has 4 nitrogen and oxygen atoms in total. The van der Waals surface area contributed by atoms with E-state index < -0.39 is 0 Å². The highest BCUT2D eigenvalue weighted by molar-refractivity contribution is 7.23. The first-order valence-electron chi connectivity index (χ1n) is 6.76. The monoisotopic (exact) mass is 296 g/mol. The molecule has 0 aliphatic rings. The lowest BCUT2D eigenvalue weighted by Gasteiger charge is -2.07. The Hall–Kier alpha value is -1.01. The van der Waals surface area contributed by atoms with Gasteiger partial charge in [-0.3, -0.25) is 0 Å². The first-order chi connectivity index (χ1) is 9.17. The highest BCUT2D eigenvalue weighted by atomic mass is 32.1. The Morgan fingerprint density at radius 3 is 2.53 bits per heavy atom. The molecule has 104 valence electrons. The molecule has 0 amide bonds. The summed E-state index contributed by atoms with van der Waals surface area (Å²) in [6.07, 6.45) is 3.00. The molecule has 0 bridgehead atoms. The standard InChI is InChI=1S/C13H20N4S2/c1-5-8(4)14-13-17-16-12(19-13)11-9(6-2)15-10(7-3)18-11/h8H,5-7H2,1-4H3,(H,14,17). The largest absolute Gasteiger partial charge is 0.358 e. The van der Waals surface area contributed by atoms with E-state index in [0.29, 0.717) is 6.04 Å². The molecule has 0 radical (unpaired) electrons. The molecule has 6 heteroatoms. The SMILES string of the molecule is CCc1nc(CC)c(-c2nnc(NC(C)CC)s2)s1. The summed E-state index contributed by atoms with van der Waals surface area (Å²) in [5.41, 5.74) is 1.15. The van der Waals surface area contributed by atoms with E-state index in [2.05, 4.69) is 48.2 Å². The summed E-state index contributed by atoms with van der Waals surface area (Å²) in [5.74, 6) is 0. The van der Waals surface area contributed by atoms with Crippen LogP contribution in [0, 0.1) is 0 Å². The Balaban J connectivity index is 2.24. The van der Waals surface area contributed by atoms with Crippen LogP contribution >= 0.6 is 22.7 Å². The summed E-state index contributed by atoms with van der Waals surface area (Å²) in [6.45, 7) is 8.58. The highest BCUT2D eigenvalue weighted by Crippen LogP contribution is 2.34. The number of aryl methyl sites for hydroxylation is 2. The summed E-state index contributed by atoms with van der Waals surface area (Å²) in [4.78, 5) is 5.84. The molecule has 1 unspecified atom stereocenters. The van der Waals surface area contributed by atoms with Gasteiger partial charge in [-0.2, -0.15) is 0 Å². The molecule has 1 N–H and O–H groups in total. The lowest BCUT2D eigenvalue weighted by atomic mass is 10.3. The topological polar surface area (TPSA) is 50.7 Å². The normalized spacial score (nSPS) is 12.6. The van der Waals surface area contributed by atoms with Gasteiger partial charge < -0.3 is 5.32 Å². The van der Waals surface area contributed by atoms with Gasteiger partial charge in [-0.25, -0.2) is 4.98 Å². The number of anilines is 1. The fraction of sp³-hybridized carbons (Fsp3) is 0.615. The molecule has 19 heavy (non-hydrogen) atoms. The molecule has 0 fully saturated rings. The van der Waals surface area contributed by atoms with Crippen LogP contribution in [-0.4, -0.2) is 21.2 Å². The summed E-state index contributed by atoms with van der Waals surface area (Å²) in [6, 6.07) is 0.430. The molecule has 0 aliphatic carbocycles. The Labute approximate surface area is 122 Å². The van der Waals surface area contributed by atoms with E-state index in [1.54, 1.807) is 22.7 Å². The molecule has 0 saturated carbocycles. The van der Waals surface area contributed by atoms with Crippen molar-refractivity contribution in [2.75, 3.05) is 5.32 Å². The molecule has 0 aromatic carbocycles. The van der Waals surface area contributed by atoms with E-state index in [9.17, 15) is 0 Å². The molecule has 0 spiro atoms. The van der Waals surface area contributed by atoms with Crippen LogP contribution in [0.3, 0.4) is 0 Å². The van der Waals surface area contributed by atoms with E-state index in [1.807, 2.05) is 0 Å². The van der Waals surface area contributed by atoms with Crippen LogP contribution in [0.1, 0.15) is 44.8 Å². The summed E-state index contributed by atoms with van der Waals surface area (Å²) in [5, 5.41) is 15.0. The Bertz CT molecular complexity index is 532. The maximum atomic E-state index is 4.65. The van der Waals surface area contributed by atoms with Crippen LogP contribution in [0.5, 0.6) is 0 Å². The third-order valence-corrected chi connectivity index (χ3v) is 5.23. The zero-order valence-corrected chi connectivity index (χ0v) is 13.5. The van der Waals surface area contributed by atoms with Crippen molar-refractivity contribution in [3.63, 3.8) is 0 Å². The van der Waals surface area contributed by atoms with Gasteiger partial charge in [0.25, 0.3) is 0 Å². The minimum atomic E-state index is 0.430. The number of thiazole rings is 1. The molecule has 2 rings (SSSR count). The third kappa shape index (κ3) is 3.30. The van der Waals surface area contributed by atoms with Gasteiger partial charge in [0.15, 0.2) is 5.01 Å². The maximum absolute atomic E-state index is 4.65. The number of nitrogens with zero attached hydrogens (tertiary/aromatic N) is 3. The van der Waals surface area contributed by atoms with Gasteiger partial charge in [-0.1, -0.05) is 32.1 Å². The number of rotatable bonds is 6. The Morgan fingerprint density at radius 1 is 1.11 bits per heavy atom. The van der Waals surface area contributed by atoms with Crippen molar-refractivity contribution in [3.05, 3.63) is 10.7 Å². The van der Waals surface area contributed by atoms with Crippen molar-refractivity contribution < 1.29 is 0 Å². The highest BCUT2D eigenvalue weighted by Gasteiger charge is 2.15. The minimum absolute atomic E-state index is 0.430. The van der Waals surface area contributed by atoms with Crippen molar-refractivity contribution in [1.29, 1.82) is 0 Å². The Morgan fingerprint density at radius 2 is 1.89 bits per heavy atom. The molecule has 0 aliphatic heterocycles. The second-order valence-electron chi connectivity index (χ2n) is 4.46. The first-order valence-corrected chi connectivity index (χ1v) is 8.40. The van der Waals surface area contributed by atoms with E-state index in [-0.39, 0.29) is 0 Å². The molecule has 2 aromatic rings. The van der Waals surface area contributed by atoms with Gasteiger partial charge in [0.05, 0.1) is 15.6 Å². The molecule has 0 saturated heterocycles. The summed E-state index contributed by atoms with van der Waals surface area (Å²) >= 11 is 3.36. The minimum Gasteiger partial charge on any atom is -0.358 e. The molecular weight excluding hydrogens is 276 g/mol. The van der Waals surface area contributed by atoms with Gasteiger partial charge in [0.2, 0.25) is 5.13 Å². The molecule has 2 aromatic heterocycles. The smallest absolute Gasteiger partial charge is 0.206 e. The van der Waals surface area contributed by atoms with Gasteiger partial charge in [0.1, 0.15) is 0 Å². The van der Waals surface area contributed by atoms with E-state index in [1.165, 1.54) is 9.88 Å². The second kappa shape index (κ2) is 6.43. The molecular formula is C13H20N4S2. The number of hydrogen-bond donors (Lipinski definition) is 1. The van der Waals surface area contributed by atoms with Crippen molar-refractivity contribution >= 4 is 27.8 Å². The number of hydrogen-bond acceptors (Lipinski definition) is 6. The fourth-order valence-electron chi connectivity index (χ4n) is 1.64. The summed E-state index contributed by atoms with van der Waals surface area (Å²) in [7, 11) is 0. The van der Waals surface area contributed by atoms with Crippen molar-refractivity contribution in [1.82, 2.24) is 15.2 Å². The second-order valence-corrected chi connectivity index (χ2v) is 6.52. The van der Waals surface area contributed by atoms with Crippen molar-refractivity contribution in [2.24, 2.45) is 0 Å². The van der Waals surface area contributed by atoms with Crippen molar-refractivity contribution in [3.8, 4) is 9.88 Å². The van der Waals surface area contributed by atoms with Gasteiger partial charge in [0, 0.05) is 6.04 Å². The average Bonchev–Trinajstić information content (AvgIpc) is 3.03.